The molecule has 122 valence electrons. The van der Waals surface area contributed by atoms with Crippen molar-refractivity contribution in [1.82, 2.24) is 4.90 Å². The monoisotopic (exact) mass is 333 g/mol. The smallest absolute Gasteiger partial charge is 0.406 e. The van der Waals surface area contributed by atoms with Gasteiger partial charge in [-0.15, -0.1) is 18.3 Å². The number of ether oxygens (including phenoxy) is 1. The largest absolute Gasteiger partial charge is 0.497 e. The number of rotatable bonds is 7. The Bertz CT molecular complexity index is 503. The summed E-state index contributed by atoms with van der Waals surface area (Å²) in [4.78, 5) is 13.7. The number of nitrogens with zero attached hydrogens (tertiary/aromatic N) is 1. The molecular formula is C15H18F3NO2S. The van der Waals surface area contributed by atoms with Gasteiger partial charge in [-0.25, -0.2) is 0 Å². The van der Waals surface area contributed by atoms with Gasteiger partial charge < -0.3 is 9.64 Å². The molecule has 1 unspecified atom stereocenters. The highest BCUT2D eigenvalue weighted by Crippen LogP contribution is 2.27. The number of carbonyl (C=O) groups excluding carboxylic acids is 1. The first kappa shape index (κ1) is 18.4. The van der Waals surface area contributed by atoms with E-state index in [1.165, 1.54) is 17.8 Å². The van der Waals surface area contributed by atoms with Crippen molar-refractivity contribution in [2.24, 2.45) is 0 Å². The van der Waals surface area contributed by atoms with E-state index in [0.717, 1.165) is 9.80 Å². The second-order valence-electron chi connectivity index (χ2n) is 4.56. The summed E-state index contributed by atoms with van der Waals surface area (Å²) in [5.74, 6) is 0.103. The number of amides is 1. The van der Waals surface area contributed by atoms with E-state index in [-0.39, 0.29) is 6.54 Å². The fourth-order valence-corrected chi connectivity index (χ4v) is 2.72. The summed E-state index contributed by atoms with van der Waals surface area (Å²) >= 11 is 1.20. The van der Waals surface area contributed by atoms with Crippen molar-refractivity contribution in [3.63, 3.8) is 0 Å². The SMILES string of the molecule is C=CCN(CC(F)(F)F)C(=O)C(C)Sc1ccc(OC)cc1. The lowest BCUT2D eigenvalue weighted by atomic mass is 10.3. The summed E-state index contributed by atoms with van der Waals surface area (Å²) in [5.41, 5.74) is 0. The molecule has 1 amide bonds. The van der Waals surface area contributed by atoms with Gasteiger partial charge in [-0.1, -0.05) is 6.08 Å². The lowest BCUT2D eigenvalue weighted by molar-refractivity contribution is -0.159. The van der Waals surface area contributed by atoms with Crippen molar-refractivity contribution >= 4 is 17.7 Å². The number of hydrogen-bond acceptors (Lipinski definition) is 3. The Kier molecular flexibility index (Phi) is 6.80. The third kappa shape index (κ3) is 6.01. The van der Waals surface area contributed by atoms with Gasteiger partial charge in [-0.2, -0.15) is 13.2 Å². The first-order valence-corrected chi connectivity index (χ1v) is 7.42. The normalized spacial score (nSPS) is 12.6. The summed E-state index contributed by atoms with van der Waals surface area (Å²) in [6.45, 7) is 3.57. The van der Waals surface area contributed by atoms with E-state index < -0.39 is 23.9 Å². The highest BCUT2D eigenvalue weighted by atomic mass is 32.2. The Labute approximate surface area is 132 Å². The number of benzene rings is 1. The molecule has 1 aromatic carbocycles. The molecular weight excluding hydrogens is 315 g/mol. The van der Waals surface area contributed by atoms with E-state index in [0.29, 0.717) is 5.75 Å². The van der Waals surface area contributed by atoms with Crippen LogP contribution in [0, 0.1) is 0 Å². The minimum absolute atomic E-state index is 0.133. The van der Waals surface area contributed by atoms with Gasteiger partial charge in [0.2, 0.25) is 5.91 Å². The van der Waals surface area contributed by atoms with Crippen LogP contribution >= 0.6 is 11.8 Å². The first-order valence-electron chi connectivity index (χ1n) is 6.54. The van der Waals surface area contributed by atoms with Crippen molar-refractivity contribution < 1.29 is 22.7 Å². The highest BCUT2D eigenvalue weighted by Gasteiger charge is 2.34. The number of alkyl halides is 3. The van der Waals surface area contributed by atoms with Crippen LogP contribution in [-0.4, -0.2) is 42.4 Å². The maximum Gasteiger partial charge on any atom is 0.406 e. The van der Waals surface area contributed by atoms with Gasteiger partial charge >= 0.3 is 6.18 Å². The summed E-state index contributed by atoms with van der Waals surface area (Å²) < 4.78 is 42.6. The molecule has 1 aromatic rings. The van der Waals surface area contributed by atoms with Crippen LogP contribution in [0.25, 0.3) is 0 Å². The molecule has 22 heavy (non-hydrogen) atoms. The molecule has 0 aliphatic heterocycles. The van der Waals surface area contributed by atoms with Crippen LogP contribution < -0.4 is 4.74 Å². The molecule has 0 aliphatic carbocycles. The number of hydrogen-bond donors (Lipinski definition) is 0. The van der Waals surface area contributed by atoms with Crippen LogP contribution in [0.4, 0.5) is 13.2 Å². The lowest BCUT2D eigenvalue weighted by Crippen LogP contribution is -2.42. The third-order valence-electron chi connectivity index (χ3n) is 2.75. The summed E-state index contributed by atoms with van der Waals surface area (Å²) in [6, 6.07) is 6.98. The van der Waals surface area contributed by atoms with Crippen molar-refractivity contribution in [1.29, 1.82) is 0 Å². The minimum Gasteiger partial charge on any atom is -0.497 e. The molecule has 0 fully saturated rings. The fraction of sp³-hybridized carbons (Fsp3) is 0.400. The van der Waals surface area contributed by atoms with E-state index >= 15 is 0 Å². The van der Waals surface area contributed by atoms with Crippen LogP contribution in [0.1, 0.15) is 6.92 Å². The first-order chi connectivity index (χ1) is 10.3. The topological polar surface area (TPSA) is 29.5 Å². The van der Waals surface area contributed by atoms with Crippen molar-refractivity contribution in [2.45, 2.75) is 23.2 Å². The van der Waals surface area contributed by atoms with E-state index in [4.69, 9.17) is 4.74 Å². The van der Waals surface area contributed by atoms with Crippen LogP contribution in [0.5, 0.6) is 5.75 Å². The van der Waals surface area contributed by atoms with Gasteiger partial charge in [0.15, 0.2) is 0 Å². The van der Waals surface area contributed by atoms with Crippen LogP contribution in [0.3, 0.4) is 0 Å². The fourth-order valence-electron chi connectivity index (χ4n) is 1.77. The molecule has 0 saturated carbocycles. The predicted octanol–water partition coefficient (Wildman–Crippen LogP) is 3.75. The standard InChI is InChI=1S/C15H18F3NO2S/c1-4-9-19(10-15(16,17)18)14(20)11(2)22-13-7-5-12(21-3)6-8-13/h4-8,11H,1,9-10H2,2-3H3. The number of thioether (sulfide) groups is 1. The zero-order valence-corrected chi connectivity index (χ0v) is 13.2. The summed E-state index contributed by atoms with van der Waals surface area (Å²) in [6.07, 6.45) is -3.14. The molecule has 0 spiro atoms. The quantitative estimate of drug-likeness (QED) is 0.562. The molecule has 0 saturated heterocycles. The van der Waals surface area contributed by atoms with Crippen molar-refractivity contribution in [3.05, 3.63) is 36.9 Å². The number of methoxy groups -OCH3 is 1. The Morgan fingerprint density at radius 1 is 1.41 bits per heavy atom. The zero-order chi connectivity index (χ0) is 16.8. The van der Waals surface area contributed by atoms with Crippen molar-refractivity contribution in [3.8, 4) is 5.75 Å². The molecule has 0 N–H and O–H groups in total. The van der Waals surface area contributed by atoms with E-state index in [1.807, 2.05) is 0 Å². The summed E-state index contributed by atoms with van der Waals surface area (Å²) in [7, 11) is 1.54. The predicted molar refractivity (Wildman–Crippen MR) is 81.1 cm³/mol. The molecule has 0 heterocycles. The van der Waals surface area contributed by atoms with Crippen LogP contribution in [0.2, 0.25) is 0 Å². The van der Waals surface area contributed by atoms with E-state index in [2.05, 4.69) is 6.58 Å². The van der Waals surface area contributed by atoms with Crippen molar-refractivity contribution in [2.75, 3.05) is 20.2 Å². The number of halogens is 3. The maximum atomic E-state index is 12.5. The molecule has 1 atom stereocenters. The molecule has 1 rings (SSSR count). The average Bonchev–Trinajstić information content (AvgIpc) is 2.45. The highest BCUT2D eigenvalue weighted by molar-refractivity contribution is 8.00. The number of carbonyl (C=O) groups is 1. The molecule has 3 nitrogen and oxygen atoms in total. The van der Waals surface area contributed by atoms with E-state index in [1.54, 1.807) is 38.3 Å². The van der Waals surface area contributed by atoms with Gasteiger partial charge in [0.05, 0.1) is 12.4 Å². The van der Waals surface area contributed by atoms with Crippen LogP contribution in [0.15, 0.2) is 41.8 Å². The maximum absolute atomic E-state index is 12.5. The lowest BCUT2D eigenvalue weighted by Gasteiger charge is -2.25. The van der Waals surface area contributed by atoms with Crippen LogP contribution in [-0.2, 0) is 4.79 Å². The van der Waals surface area contributed by atoms with Gasteiger partial charge in [0.1, 0.15) is 12.3 Å². The Morgan fingerprint density at radius 2 is 2.00 bits per heavy atom. The molecule has 0 bridgehead atoms. The molecule has 7 heteroatoms. The van der Waals surface area contributed by atoms with Gasteiger partial charge in [0.25, 0.3) is 0 Å². The summed E-state index contributed by atoms with van der Waals surface area (Å²) in [5, 5.41) is -0.629. The second kappa shape index (κ2) is 8.12. The Morgan fingerprint density at radius 3 is 2.45 bits per heavy atom. The Balaban J connectivity index is 2.73. The van der Waals surface area contributed by atoms with Gasteiger partial charge in [0, 0.05) is 11.4 Å². The average molecular weight is 333 g/mol. The third-order valence-corrected chi connectivity index (χ3v) is 3.85. The minimum atomic E-state index is -4.43. The van der Waals surface area contributed by atoms with Gasteiger partial charge in [-0.05, 0) is 31.2 Å². The zero-order valence-electron chi connectivity index (χ0n) is 12.4. The molecule has 0 aliphatic rings. The van der Waals surface area contributed by atoms with E-state index in [9.17, 15) is 18.0 Å². The Hall–Kier alpha value is -1.63. The molecule has 0 radical (unpaired) electrons. The molecule has 0 aromatic heterocycles. The van der Waals surface area contributed by atoms with Gasteiger partial charge in [-0.3, -0.25) is 4.79 Å². The second-order valence-corrected chi connectivity index (χ2v) is 5.97.